The predicted octanol–water partition coefficient (Wildman–Crippen LogP) is 18.2. The predicted molar refractivity (Wildman–Crippen MR) is 390 cm³/mol. The maximum Gasteiger partial charge on any atom is 0.256 e. The van der Waals surface area contributed by atoms with Crippen LogP contribution >= 0.6 is 0 Å². The average molecular weight is 1190 g/mol. The van der Waals surface area contributed by atoms with Crippen LogP contribution in [0.2, 0.25) is 0 Å². The summed E-state index contributed by atoms with van der Waals surface area (Å²) in [5, 5.41) is 2.41. The van der Waals surface area contributed by atoms with E-state index in [1.807, 2.05) is 0 Å². The molecule has 1 aromatic heterocycles. The van der Waals surface area contributed by atoms with Crippen molar-refractivity contribution in [3.63, 3.8) is 0 Å². The van der Waals surface area contributed by atoms with Crippen LogP contribution in [0, 0.1) is 0 Å². The number of rotatable bonds is 10. The van der Waals surface area contributed by atoms with E-state index in [1.54, 1.807) is 0 Å². The zero-order valence-corrected chi connectivity index (χ0v) is 50.6. The molecule has 7 nitrogen and oxygen atoms in total. The Morgan fingerprint density at radius 1 is 0.237 bits per heavy atom. The second kappa shape index (κ2) is 21.2. The Hall–Kier alpha value is -12.2. The van der Waals surface area contributed by atoms with Crippen LogP contribution in [0.1, 0.15) is 0 Å². The quantitative estimate of drug-likeness (QED) is 0.127. The molecule has 14 aromatic carbocycles. The van der Waals surface area contributed by atoms with E-state index in [-0.39, 0.29) is 13.4 Å². The van der Waals surface area contributed by atoms with Gasteiger partial charge < -0.3 is 33.8 Å². The number of hydrogen-bond acceptors (Lipinski definition) is 6. The van der Waals surface area contributed by atoms with Crippen LogP contribution in [0.25, 0.3) is 27.5 Å². The number of nitrogens with zero attached hydrogens (tertiary/aromatic N) is 6. The summed E-state index contributed by atoms with van der Waals surface area (Å²) in [5.74, 6) is 1.63. The van der Waals surface area contributed by atoms with Crippen LogP contribution in [0.3, 0.4) is 0 Å². The topological polar surface area (TPSA) is 30.4 Å². The SMILES string of the molecule is c1ccc(N(c2ccccc2)c2cc3c4c(c2)N(c2ccccc2)c2ccccc2B4c2cc4c(cc2O3)N(c2ccccc2-n2c3ccccc3c3ccccc32)c2cc(N(c3ccccc3)c3ccccc3)cc3c2B4c2ccccc2N3c2ccccc2)cc1. The van der Waals surface area contributed by atoms with Gasteiger partial charge in [-0.05, 0) is 160 Å². The lowest BCUT2D eigenvalue weighted by Crippen LogP contribution is -2.64. The van der Waals surface area contributed by atoms with E-state index in [0.717, 1.165) is 124 Å². The summed E-state index contributed by atoms with van der Waals surface area (Å²) in [6.07, 6.45) is 0. The Morgan fingerprint density at radius 3 is 1.11 bits per heavy atom. The minimum atomic E-state index is -0.215. The minimum Gasteiger partial charge on any atom is -0.458 e. The van der Waals surface area contributed by atoms with Crippen LogP contribution in [-0.2, 0) is 0 Å². The largest absolute Gasteiger partial charge is 0.458 e. The Kier molecular flexibility index (Phi) is 12.0. The minimum absolute atomic E-state index is 0.206. The number of fused-ring (bicyclic) bond motifs is 11. The highest BCUT2D eigenvalue weighted by Gasteiger charge is 2.48. The second-order valence-corrected chi connectivity index (χ2v) is 24.4. The van der Waals surface area contributed by atoms with E-state index >= 15 is 0 Å². The number of hydrogen-bond donors (Lipinski definition) is 0. The molecular weight excluding hydrogens is 1130 g/mol. The van der Waals surface area contributed by atoms with Gasteiger partial charge in [-0.25, -0.2) is 0 Å². The van der Waals surface area contributed by atoms with Crippen molar-refractivity contribution in [2.45, 2.75) is 0 Å². The zero-order valence-electron chi connectivity index (χ0n) is 50.6. The highest BCUT2D eigenvalue weighted by molar-refractivity contribution is 7.02. The molecule has 434 valence electrons. The van der Waals surface area contributed by atoms with Gasteiger partial charge in [-0.1, -0.05) is 200 Å². The molecule has 0 aliphatic carbocycles. The molecule has 19 rings (SSSR count). The number of ether oxygens (including phenoxy) is 1. The van der Waals surface area contributed by atoms with Crippen molar-refractivity contribution in [3.8, 4) is 17.2 Å². The summed E-state index contributed by atoms with van der Waals surface area (Å²) in [4.78, 5) is 12.3. The molecule has 4 aliphatic heterocycles. The van der Waals surface area contributed by atoms with Crippen molar-refractivity contribution in [2.75, 3.05) is 24.5 Å². The Labute approximate surface area is 540 Å². The summed E-state index contributed by atoms with van der Waals surface area (Å²) in [5.41, 5.74) is 26.4. The van der Waals surface area contributed by atoms with E-state index in [2.05, 4.69) is 369 Å². The third kappa shape index (κ3) is 8.20. The monoisotopic (exact) mass is 1190 g/mol. The molecule has 9 heteroatoms. The van der Waals surface area contributed by atoms with Gasteiger partial charge in [-0.3, -0.25) is 0 Å². The molecule has 0 bridgehead atoms. The standard InChI is InChI=1S/C84H56B2N6O/c1-7-29-57(30-8-1)87(58-31-9-2-10-32-58)63-51-78-83-79(52-63)92(76-50-28-27-49-75(76)91-71-45-23-19-41-65(71)66-42-20-24-46-72(66)91)77-56-81-70(55-69(77)85(83)67-43-21-25-47-73(67)89(78)61-37-15-5-16-38-61)86-68-44-22-26-48-74(68)90(62-39-17-6-18-40-62)80-53-64(54-82(93-81)84(80)86)88(59-33-11-3-12-34-59)60-35-13-4-14-36-60/h1-56H. The summed E-state index contributed by atoms with van der Waals surface area (Å²) >= 11 is 0. The smallest absolute Gasteiger partial charge is 0.256 e. The molecule has 15 aromatic rings. The molecular formula is C84H56B2N6O. The van der Waals surface area contributed by atoms with E-state index in [9.17, 15) is 0 Å². The van der Waals surface area contributed by atoms with Crippen molar-refractivity contribution < 1.29 is 4.74 Å². The molecule has 0 N–H and O–H groups in total. The van der Waals surface area contributed by atoms with Gasteiger partial charge >= 0.3 is 0 Å². The fourth-order valence-electron chi connectivity index (χ4n) is 15.6. The first-order valence-corrected chi connectivity index (χ1v) is 32.0. The van der Waals surface area contributed by atoms with Gasteiger partial charge in [0.1, 0.15) is 11.5 Å². The lowest BCUT2D eigenvalue weighted by molar-refractivity contribution is 0.488. The maximum atomic E-state index is 7.87. The molecule has 0 unspecified atom stereocenters. The Balaban J connectivity index is 0.930. The highest BCUT2D eigenvalue weighted by atomic mass is 16.5. The lowest BCUT2D eigenvalue weighted by Gasteiger charge is -2.46. The van der Waals surface area contributed by atoms with Crippen molar-refractivity contribution in [1.82, 2.24) is 4.57 Å². The van der Waals surface area contributed by atoms with Gasteiger partial charge in [0, 0.05) is 91.2 Å². The molecule has 0 spiro atoms. The number of para-hydroxylation sites is 12. The van der Waals surface area contributed by atoms with Crippen LogP contribution in [0.5, 0.6) is 11.5 Å². The first kappa shape index (κ1) is 52.7. The third-order valence-electron chi connectivity index (χ3n) is 19.3. The van der Waals surface area contributed by atoms with Gasteiger partial charge in [0.15, 0.2) is 0 Å². The molecule has 5 heterocycles. The highest BCUT2D eigenvalue weighted by Crippen LogP contribution is 2.52. The number of aromatic nitrogens is 1. The van der Waals surface area contributed by atoms with Crippen molar-refractivity contribution in [1.29, 1.82) is 0 Å². The first-order chi connectivity index (χ1) is 46.2. The zero-order chi connectivity index (χ0) is 61.1. The van der Waals surface area contributed by atoms with Crippen LogP contribution in [0.4, 0.5) is 85.3 Å². The summed E-state index contributed by atoms with van der Waals surface area (Å²) in [6.45, 7) is -0.421. The van der Waals surface area contributed by atoms with Crippen molar-refractivity contribution in [3.05, 3.63) is 340 Å². The number of anilines is 15. The molecule has 0 saturated carbocycles. The van der Waals surface area contributed by atoms with Crippen molar-refractivity contribution >= 4 is 153 Å². The van der Waals surface area contributed by atoms with Crippen LogP contribution in [0.15, 0.2) is 340 Å². The van der Waals surface area contributed by atoms with Crippen molar-refractivity contribution in [2.24, 2.45) is 0 Å². The first-order valence-electron chi connectivity index (χ1n) is 32.0. The fraction of sp³-hybridized carbons (Fsp3) is 0. The molecule has 0 amide bonds. The normalized spacial score (nSPS) is 12.9. The average Bonchev–Trinajstić information content (AvgIpc) is 1.05. The van der Waals surface area contributed by atoms with E-state index in [1.165, 1.54) is 32.6 Å². The molecule has 93 heavy (non-hydrogen) atoms. The van der Waals surface area contributed by atoms with E-state index < -0.39 is 0 Å². The Bertz CT molecular complexity index is 5290. The van der Waals surface area contributed by atoms with Gasteiger partial charge in [-0.2, -0.15) is 0 Å². The molecule has 0 fully saturated rings. The lowest BCUT2D eigenvalue weighted by atomic mass is 9.30. The fourth-order valence-corrected chi connectivity index (χ4v) is 15.6. The van der Waals surface area contributed by atoms with Gasteiger partial charge in [0.05, 0.1) is 33.8 Å². The molecule has 0 radical (unpaired) electrons. The summed E-state index contributed by atoms with van der Waals surface area (Å²) in [6, 6.07) is 124. The van der Waals surface area contributed by atoms with E-state index in [0.29, 0.717) is 0 Å². The number of benzene rings is 14. The Morgan fingerprint density at radius 2 is 0.613 bits per heavy atom. The molecule has 0 atom stereocenters. The van der Waals surface area contributed by atoms with Gasteiger partial charge in [0.25, 0.3) is 13.4 Å². The molecule has 4 aliphatic rings. The van der Waals surface area contributed by atoms with Gasteiger partial charge in [0.2, 0.25) is 0 Å². The van der Waals surface area contributed by atoms with Crippen LogP contribution < -0.4 is 62.0 Å². The summed E-state index contributed by atoms with van der Waals surface area (Å²) < 4.78 is 10.3. The molecule has 0 saturated heterocycles. The van der Waals surface area contributed by atoms with Gasteiger partial charge in [-0.15, -0.1) is 0 Å². The third-order valence-corrected chi connectivity index (χ3v) is 19.3. The van der Waals surface area contributed by atoms with Crippen LogP contribution in [-0.4, -0.2) is 18.0 Å². The van der Waals surface area contributed by atoms with E-state index in [4.69, 9.17) is 4.74 Å². The maximum absolute atomic E-state index is 7.87. The summed E-state index contributed by atoms with van der Waals surface area (Å²) in [7, 11) is 0. The second-order valence-electron chi connectivity index (χ2n) is 24.4.